The molecule has 0 saturated carbocycles. The summed E-state index contributed by atoms with van der Waals surface area (Å²) < 4.78 is 24.2. The molecule has 1 atom stereocenters. The topological polar surface area (TPSA) is 67.3 Å². The molecule has 8 heteroatoms. The summed E-state index contributed by atoms with van der Waals surface area (Å²) in [4.78, 5) is 18.5. The standard InChI is InChI=1S/C17H20N2O3S3/c1-12-9-23-17(18-12)24-10-13-3-5-14(6-4-13)16(20)19(2)15-7-8-25(21,22)11-15/h3-6,9,15H,7-8,10-11H2,1-2H3/t15-/m1/s1. The molecular weight excluding hydrogens is 376 g/mol. The van der Waals surface area contributed by atoms with Crippen molar-refractivity contribution >= 4 is 38.8 Å². The molecule has 0 aliphatic carbocycles. The lowest BCUT2D eigenvalue weighted by Crippen LogP contribution is -2.37. The number of aryl methyl sites for hydroxylation is 1. The smallest absolute Gasteiger partial charge is 0.253 e. The van der Waals surface area contributed by atoms with Crippen LogP contribution in [-0.4, -0.2) is 48.8 Å². The van der Waals surface area contributed by atoms with Gasteiger partial charge in [0.25, 0.3) is 5.91 Å². The Balaban J connectivity index is 1.60. The first-order chi connectivity index (χ1) is 11.8. The number of aromatic nitrogens is 1. The minimum absolute atomic E-state index is 0.0667. The van der Waals surface area contributed by atoms with E-state index in [0.29, 0.717) is 12.0 Å². The van der Waals surface area contributed by atoms with E-state index >= 15 is 0 Å². The third-order valence-corrected chi connectivity index (χ3v) is 8.20. The number of nitrogens with zero attached hydrogens (tertiary/aromatic N) is 2. The van der Waals surface area contributed by atoms with E-state index in [4.69, 9.17) is 0 Å². The number of hydrogen-bond donors (Lipinski definition) is 0. The molecule has 0 unspecified atom stereocenters. The quantitative estimate of drug-likeness (QED) is 0.727. The number of sulfone groups is 1. The van der Waals surface area contributed by atoms with Crippen molar-refractivity contribution in [1.82, 2.24) is 9.88 Å². The van der Waals surface area contributed by atoms with Crippen LogP contribution in [-0.2, 0) is 15.6 Å². The summed E-state index contributed by atoms with van der Waals surface area (Å²) >= 11 is 3.32. The van der Waals surface area contributed by atoms with Gasteiger partial charge in [-0.1, -0.05) is 23.9 Å². The zero-order chi connectivity index (χ0) is 18.0. The van der Waals surface area contributed by atoms with E-state index in [1.54, 1.807) is 35.0 Å². The van der Waals surface area contributed by atoms with Crippen LogP contribution in [0.3, 0.4) is 0 Å². The molecule has 1 aromatic carbocycles. The van der Waals surface area contributed by atoms with Gasteiger partial charge in [0.1, 0.15) is 4.34 Å². The Bertz CT molecular complexity index is 860. The predicted molar refractivity (Wildman–Crippen MR) is 102 cm³/mol. The third kappa shape index (κ3) is 4.62. The van der Waals surface area contributed by atoms with Crippen molar-refractivity contribution in [2.75, 3.05) is 18.6 Å². The second-order valence-electron chi connectivity index (χ2n) is 6.21. The largest absolute Gasteiger partial charge is 0.338 e. The zero-order valence-corrected chi connectivity index (χ0v) is 16.6. The lowest BCUT2D eigenvalue weighted by atomic mass is 10.1. The number of amides is 1. The van der Waals surface area contributed by atoms with E-state index in [-0.39, 0.29) is 23.5 Å². The van der Waals surface area contributed by atoms with Crippen LogP contribution in [0.15, 0.2) is 34.0 Å². The van der Waals surface area contributed by atoms with E-state index in [0.717, 1.165) is 21.3 Å². The highest BCUT2D eigenvalue weighted by Crippen LogP contribution is 2.26. The molecule has 1 aliphatic rings. The van der Waals surface area contributed by atoms with Crippen molar-refractivity contribution in [3.63, 3.8) is 0 Å². The monoisotopic (exact) mass is 396 g/mol. The zero-order valence-electron chi connectivity index (χ0n) is 14.1. The molecule has 2 heterocycles. The fourth-order valence-corrected chi connectivity index (χ4v) is 6.32. The Hall–Kier alpha value is -1.38. The molecule has 5 nitrogen and oxygen atoms in total. The van der Waals surface area contributed by atoms with E-state index in [1.165, 1.54) is 0 Å². The molecule has 1 aliphatic heterocycles. The highest BCUT2D eigenvalue weighted by atomic mass is 32.2. The Morgan fingerprint density at radius 3 is 2.64 bits per heavy atom. The summed E-state index contributed by atoms with van der Waals surface area (Å²) in [5.74, 6) is 0.911. The number of benzene rings is 1. The van der Waals surface area contributed by atoms with Gasteiger partial charge in [-0.05, 0) is 31.0 Å². The third-order valence-electron chi connectivity index (χ3n) is 4.24. The van der Waals surface area contributed by atoms with Crippen LogP contribution in [0.25, 0.3) is 0 Å². The molecule has 3 rings (SSSR count). The molecule has 0 radical (unpaired) electrons. The van der Waals surface area contributed by atoms with Crippen LogP contribution in [0.2, 0.25) is 0 Å². The molecule has 25 heavy (non-hydrogen) atoms. The Morgan fingerprint density at radius 2 is 2.08 bits per heavy atom. The molecule has 2 aromatic rings. The molecule has 1 fully saturated rings. The first kappa shape index (κ1) is 18.4. The molecule has 134 valence electrons. The molecule has 1 amide bonds. The predicted octanol–water partition coefficient (Wildman–Crippen LogP) is 3.00. The highest BCUT2D eigenvalue weighted by molar-refractivity contribution is 8.00. The molecule has 0 N–H and O–H groups in total. The molecule has 1 saturated heterocycles. The minimum Gasteiger partial charge on any atom is -0.338 e. The SMILES string of the molecule is Cc1csc(SCc2ccc(C(=O)N(C)[C@@H]3CCS(=O)(=O)C3)cc2)n1. The lowest BCUT2D eigenvalue weighted by Gasteiger charge is -2.23. The summed E-state index contributed by atoms with van der Waals surface area (Å²) in [6.07, 6.45) is 0.520. The van der Waals surface area contributed by atoms with Crippen LogP contribution in [0.5, 0.6) is 0 Å². The average Bonchev–Trinajstić information content (AvgIpc) is 3.17. The van der Waals surface area contributed by atoms with Gasteiger partial charge in [0.15, 0.2) is 9.84 Å². The highest BCUT2D eigenvalue weighted by Gasteiger charge is 2.32. The fourth-order valence-electron chi connectivity index (χ4n) is 2.74. The van der Waals surface area contributed by atoms with Gasteiger partial charge in [-0.25, -0.2) is 13.4 Å². The number of hydrogen-bond acceptors (Lipinski definition) is 6. The van der Waals surface area contributed by atoms with Crippen LogP contribution in [0.4, 0.5) is 0 Å². The summed E-state index contributed by atoms with van der Waals surface area (Å²) in [5.41, 5.74) is 2.75. The molecule has 0 spiro atoms. The number of thioether (sulfide) groups is 1. The van der Waals surface area contributed by atoms with E-state index in [1.807, 2.05) is 36.6 Å². The summed E-state index contributed by atoms with van der Waals surface area (Å²) in [6.45, 7) is 1.98. The van der Waals surface area contributed by atoms with Crippen molar-refractivity contribution in [2.45, 2.75) is 29.5 Å². The van der Waals surface area contributed by atoms with Gasteiger partial charge < -0.3 is 4.90 Å². The Morgan fingerprint density at radius 1 is 1.36 bits per heavy atom. The maximum absolute atomic E-state index is 12.6. The van der Waals surface area contributed by atoms with Crippen LogP contribution in [0.1, 0.15) is 28.0 Å². The van der Waals surface area contributed by atoms with Crippen LogP contribution in [0, 0.1) is 6.92 Å². The Labute approximate surface area is 156 Å². The van der Waals surface area contributed by atoms with Crippen molar-refractivity contribution < 1.29 is 13.2 Å². The van der Waals surface area contributed by atoms with Crippen molar-refractivity contribution in [2.24, 2.45) is 0 Å². The van der Waals surface area contributed by atoms with Gasteiger partial charge in [-0.3, -0.25) is 4.79 Å². The van der Waals surface area contributed by atoms with E-state index in [9.17, 15) is 13.2 Å². The van der Waals surface area contributed by atoms with E-state index < -0.39 is 9.84 Å². The van der Waals surface area contributed by atoms with Crippen LogP contribution >= 0.6 is 23.1 Å². The van der Waals surface area contributed by atoms with Crippen molar-refractivity contribution in [1.29, 1.82) is 0 Å². The number of carbonyl (C=O) groups excluding carboxylic acids is 1. The van der Waals surface area contributed by atoms with Crippen molar-refractivity contribution in [3.8, 4) is 0 Å². The Kier molecular flexibility index (Phi) is 5.50. The molecule has 0 bridgehead atoms. The van der Waals surface area contributed by atoms with Gasteiger partial charge in [0.05, 0.1) is 11.5 Å². The maximum Gasteiger partial charge on any atom is 0.253 e. The van der Waals surface area contributed by atoms with Gasteiger partial charge in [0, 0.05) is 35.5 Å². The fraction of sp³-hybridized carbons (Fsp3) is 0.412. The lowest BCUT2D eigenvalue weighted by molar-refractivity contribution is 0.0747. The maximum atomic E-state index is 12.6. The summed E-state index contributed by atoms with van der Waals surface area (Å²) in [7, 11) is -1.31. The van der Waals surface area contributed by atoms with Crippen molar-refractivity contribution in [3.05, 3.63) is 46.5 Å². The minimum atomic E-state index is -3.00. The summed E-state index contributed by atoms with van der Waals surface area (Å²) in [6, 6.07) is 7.29. The van der Waals surface area contributed by atoms with Gasteiger partial charge in [-0.15, -0.1) is 11.3 Å². The van der Waals surface area contributed by atoms with Crippen LogP contribution < -0.4 is 0 Å². The average molecular weight is 397 g/mol. The summed E-state index contributed by atoms with van der Waals surface area (Å²) in [5, 5.41) is 2.03. The van der Waals surface area contributed by atoms with E-state index in [2.05, 4.69) is 4.98 Å². The second kappa shape index (κ2) is 7.47. The molecular formula is C17H20N2O3S3. The number of thiazole rings is 1. The first-order valence-corrected chi connectivity index (χ1v) is 11.6. The normalized spacial score (nSPS) is 19.0. The van der Waals surface area contributed by atoms with Gasteiger partial charge in [-0.2, -0.15) is 0 Å². The number of rotatable bonds is 5. The first-order valence-electron chi connectivity index (χ1n) is 7.95. The van der Waals surface area contributed by atoms with Gasteiger partial charge in [0.2, 0.25) is 0 Å². The second-order valence-corrected chi connectivity index (χ2v) is 10.5. The number of carbonyl (C=O) groups is 1. The van der Waals surface area contributed by atoms with Gasteiger partial charge >= 0.3 is 0 Å². The molecule has 1 aromatic heterocycles.